The van der Waals surface area contributed by atoms with E-state index in [-0.39, 0.29) is 0 Å². The highest BCUT2D eigenvalue weighted by atomic mass is 35.5. The van der Waals surface area contributed by atoms with Gasteiger partial charge in [0.15, 0.2) is 0 Å². The van der Waals surface area contributed by atoms with Gasteiger partial charge in [-0.1, -0.05) is 11.6 Å². The molecular formula is C14H12ClN3O2. The van der Waals surface area contributed by atoms with Crippen LogP contribution in [0.3, 0.4) is 0 Å². The fourth-order valence-electron chi connectivity index (χ4n) is 1.63. The van der Waals surface area contributed by atoms with Gasteiger partial charge in [0.25, 0.3) is 0 Å². The third kappa shape index (κ3) is 2.92. The van der Waals surface area contributed by atoms with E-state index in [4.69, 9.17) is 26.3 Å². The number of hydrogen-bond acceptors (Lipinski definition) is 5. The average Bonchev–Trinajstić information content (AvgIpc) is 2.49. The van der Waals surface area contributed by atoms with Crippen molar-refractivity contribution < 1.29 is 9.47 Å². The molecule has 5 nitrogen and oxygen atoms in total. The number of nitriles is 1. The first-order valence-electron chi connectivity index (χ1n) is 5.72. The number of nitrogens with zero attached hydrogens (tertiary/aromatic N) is 2. The van der Waals surface area contributed by atoms with Crippen LogP contribution in [0.2, 0.25) is 5.02 Å². The number of methoxy groups -OCH3 is 2. The molecule has 0 spiro atoms. The highest BCUT2D eigenvalue weighted by molar-refractivity contribution is 6.32. The first-order valence-corrected chi connectivity index (χ1v) is 6.10. The molecule has 2 rings (SSSR count). The van der Waals surface area contributed by atoms with Crippen LogP contribution in [0.25, 0.3) is 0 Å². The summed E-state index contributed by atoms with van der Waals surface area (Å²) in [6.45, 7) is 0. The van der Waals surface area contributed by atoms with E-state index in [1.54, 1.807) is 31.4 Å². The lowest BCUT2D eigenvalue weighted by molar-refractivity contribution is 0.405. The summed E-state index contributed by atoms with van der Waals surface area (Å²) >= 11 is 6.04. The fourth-order valence-corrected chi connectivity index (χ4v) is 1.86. The first kappa shape index (κ1) is 14.0. The summed E-state index contributed by atoms with van der Waals surface area (Å²) < 4.78 is 10.4. The van der Waals surface area contributed by atoms with E-state index in [1.165, 1.54) is 13.3 Å². The largest absolute Gasteiger partial charge is 0.495 e. The molecule has 1 aromatic carbocycles. The number of anilines is 2. The number of hydrogen-bond donors (Lipinski definition) is 1. The minimum Gasteiger partial charge on any atom is -0.495 e. The highest BCUT2D eigenvalue weighted by Gasteiger charge is 2.10. The molecule has 0 fully saturated rings. The summed E-state index contributed by atoms with van der Waals surface area (Å²) in [5, 5.41) is 12.3. The van der Waals surface area contributed by atoms with Gasteiger partial charge in [-0.3, -0.25) is 0 Å². The van der Waals surface area contributed by atoms with Crippen molar-refractivity contribution in [3.63, 3.8) is 0 Å². The lowest BCUT2D eigenvalue weighted by atomic mass is 10.2. The predicted molar refractivity (Wildman–Crippen MR) is 76.8 cm³/mol. The van der Waals surface area contributed by atoms with Gasteiger partial charge in [0.2, 0.25) is 0 Å². The predicted octanol–water partition coefficient (Wildman–Crippen LogP) is 3.37. The molecule has 20 heavy (non-hydrogen) atoms. The molecule has 0 saturated heterocycles. The smallest absolute Gasteiger partial charge is 0.144 e. The van der Waals surface area contributed by atoms with E-state index >= 15 is 0 Å². The fraction of sp³-hybridized carbons (Fsp3) is 0.143. The van der Waals surface area contributed by atoms with Crippen molar-refractivity contribution >= 4 is 23.1 Å². The molecule has 2 aromatic rings. The topological polar surface area (TPSA) is 67.2 Å². The van der Waals surface area contributed by atoms with Crippen molar-refractivity contribution in [1.82, 2.24) is 4.98 Å². The second-order valence-corrected chi connectivity index (χ2v) is 4.26. The second kappa shape index (κ2) is 6.13. The first-order chi connectivity index (χ1) is 9.67. The molecule has 6 heteroatoms. The van der Waals surface area contributed by atoms with Crippen LogP contribution >= 0.6 is 11.6 Å². The Kier molecular flexibility index (Phi) is 4.28. The maximum Gasteiger partial charge on any atom is 0.144 e. The molecule has 0 atom stereocenters. The summed E-state index contributed by atoms with van der Waals surface area (Å²) in [5.74, 6) is 1.69. The van der Waals surface area contributed by atoms with Gasteiger partial charge >= 0.3 is 0 Å². The molecule has 1 aromatic heterocycles. The van der Waals surface area contributed by atoms with Crippen LogP contribution in [0.15, 0.2) is 30.5 Å². The van der Waals surface area contributed by atoms with Crippen molar-refractivity contribution in [1.29, 1.82) is 5.26 Å². The molecule has 1 N–H and O–H groups in total. The zero-order valence-corrected chi connectivity index (χ0v) is 11.7. The third-order valence-corrected chi connectivity index (χ3v) is 2.92. The second-order valence-electron chi connectivity index (χ2n) is 3.86. The Morgan fingerprint density at radius 1 is 1.20 bits per heavy atom. The van der Waals surface area contributed by atoms with Crippen molar-refractivity contribution in [3.8, 4) is 17.6 Å². The van der Waals surface area contributed by atoms with Crippen LogP contribution < -0.4 is 14.8 Å². The molecule has 0 bridgehead atoms. The van der Waals surface area contributed by atoms with Crippen LogP contribution in [-0.2, 0) is 0 Å². The quantitative estimate of drug-likeness (QED) is 0.934. The Labute approximate surface area is 121 Å². The number of pyridine rings is 1. The standard InChI is InChI=1S/C14H12ClN3O2/c1-19-12-6-11(13(20-2)5-10(12)15)18-14-4-3-9(7-16)8-17-14/h3-6,8H,1-2H3,(H,17,18). The van der Waals surface area contributed by atoms with Gasteiger partial charge in [0.05, 0.1) is 30.5 Å². The molecule has 0 radical (unpaired) electrons. The SMILES string of the molecule is COc1cc(Nc2ccc(C#N)cn2)c(OC)cc1Cl. The van der Waals surface area contributed by atoms with Gasteiger partial charge in [-0.15, -0.1) is 0 Å². The minimum atomic E-state index is 0.461. The Hall–Kier alpha value is -2.45. The number of nitrogens with one attached hydrogen (secondary N) is 1. The van der Waals surface area contributed by atoms with Crippen molar-refractivity contribution in [3.05, 3.63) is 41.0 Å². The summed E-state index contributed by atoms with van der Waals surface area (Å²) in [6.07, 6.45) is 1.49. The van der Waals surface area contributed by atoms with E-state index in [9.17, 15) is 0 Å². The molecule has 0 aliphatic rings. The van der Waals surface area contributed by atoms with Gasteiger partial charge in [-0.05, 0) is 12.1 Å². The van der Waals surface area contributed by atoms with Crippen molar-refractivity contribution in [2.75, 3.05) is 19.5 Å². The molecule has 0 aliphatic carbocycles. The Balaban J connectivity index is 2.33. The zero-order valence-electron chi connectivity index (χ0n) is 11.0. The number of rotatable bonds is 4. The number of halogens is 1. The Morgan fingerprint density at radius 3 is 2.50 bits per heavy atom. The maximum atomic E-state index is 8.74. The number of benzene rings is 1. The van der Waals surface area contributed by atoms with Crippen LogP contribution in [0.1, 0.15) is 5.56 Å². The Bertz CT molecular complexity index is 651. The normalized spacial score (nSPS) is 9.70. The van der Waals surface area contributed by atoms with Gasteiger partial charge in [-0.25, -0.2) is 4.98 Å². The zero-order chi connectivity index (χ0) is 14.5. The van der Waals surface area contributed by atoms with Gasteiger partial charge in [0, 0.05) is 18.3 Å². The van der Waals surface area contributed by atoms with E-state index in [0.717, 1.165) is 0 Å². The lowest BCUT2D eigenvalue weighted by Crippen LogP contribution is -1.98. The van der Waals surface area contributed by atoms with Gasteiger partial charge in [0.1, 0.15) is 23.4 Å². The number of ether oxygens (including phenoxy) is 2. The van der Waals surface area contributed by atoms with E-state index in [2.05, 4.69) is 10.3 Å². The maximum absolute atomic E-state index is 8.74. The van der Waals surface area contributed by atoms with E-state index < -0.39 is 0 Å². The molecular weight excluding hydrogens is 278 g/mol. The van der Waals surface area contributed by atoms with Crippen LogP contribution in [0.5, 0.6) is 11.5 Å². The number of aromatic nitrogens is 1. The van der Waals surface area contributed by atoms with Gasteiger partial charge < -0.3 is 14.8 Å². The van der Waals surface area contributed by atoms with Crippen LogP contribution in [0.4, 0.5) is 11.5 Å². The molecule has 1 heterocycles. The molecule has 102 valence electrons. The lowest BCUT2D eigenvalue weighted by Gasteiger charge is -2.13. The molecule has 0 aliphatic heterocycles. The molecule has 0 unspecified atom stereocenters. The van der Waals surface area contributed by atoms with Crippen LogP contribution in [0, 0.1) is 11.3 Å². The summed E-state index contributed by atoms with van der Waals surface area (Å²) in [7, 11) is 3.09. The third-order valence-electron chi connectivity index (χ3n) is 2.63. The van der Waals surface area contributed by atoms with Gasteiger partial charge in [-0.2, -0.15) is 5.26 Å². The summed E-state index contributed by atoms with van der Waals surface area (Å²) in [5.41, 5.74) is 1.17. The summed E-state index contributed by atoms with van der Waals surface area (Å²) in [4.78, 5) is 4.14. The Morgan fingerprint density at radius 2 is 1.95 bits per heavy atom. The highest BCUT2D eigenvalue weighted by Crippen LogP contribution is 2.36. The van der Waals surface area contributed by atoms with E-state index in [1.807, 2.05) is 6.07 Å². The molecule has 0 saturated carbocycles. The van der Waals surface area contributed by atoms with E-state index in [0.29, 0.717) is 33.6 Å². The van der Waals surface area contributed by atoms with Crippen LogP contribution in [-0.4, -0.2) is 19.2 Å². The monoisotopic (exact) mass is 289 g/mol. The average molecular weight is 290 g/mol. The van der Waals surface area contributed by atoms with Crippen molar-refractivity contribution in [2.45, 2.75) is 0 Å². The summed E-state index contributed by atoms with van der Waals surface area (Å²) in [6, 6.07) is 8.78. The molecule has 0 amide bonds. The minimum absolute atomic E-state index is 0.461. The van der Waals surface area contributed by atoms with Crippen molar-refractivity contribution in [2.24, 2.45) is 0 Å².